The highest BCUT2D eigenvalue weighted by atomic mass is 35.5. The summed E-state index contributed by atoms with van der Waals surface area (Å²) in [5.74, 6) is -2.77. The zero-order valence-corrected chi connectivity index (χ0v) is 21.1. The summed E-state index contributed by atoms with van der Waals surface area (Å²) in [5.41, 5.74) is 5.89. The Hall–Kier alpha value is -4.44. The molecule has 1 aromatic carbocycles. The molecule has 0 atom stereocenters. The van der Waals surface area contributed by atoms with Crippen molar-refractivity contribution in [2.24, 2.45) is 5.73 Å². The van der Waals surface area contributed by atoms with Gasteiger partial charge in [-0.15, -0.1) is 0 Å². The first kappa shape index (κ1) is 27.6. The highest BCUT2D eigenvalue weighted by molar-refractivity contribution is 7.92. The monoisotopic (exact) mass is 582 g/mol. The number of nitrogens with two attached hydrogens (primary N) is 1. The second-order valence-corrected chi connectivity index (χ2v) is 10.0. The number of carbonyl (C=O) groups is 1. The van der Waals surface area contributed by atoms with Crippen molar-refractivity contribution in [2.75, 3.05) is 15.8 Å². The number of ether oxygens (including phenoxy) is 1. The number of anilines is 3. The van der Waals surface area contributed by atoms with Crippen LogP contribution in [0.3, 0.4) is 0 Å². The molecule has 0 aliphatic rings. The smallest absolute Gasteiger partial charge is 0.404 e. The molecule has 0 saturated heterocycles. The summed E-state index contributed by atoms with van der Waals surface area (Å²) >= 11 is 5.83. The van der Waals surface area contributed by atoms with E-state index < -0.39 is 27.9 Å². The Morgan fingerprint density at radius 1 is 1.13 bits per heavy atom. The van der Waals surface area contributed by atoms with Crippen LogP contribution in [0.5, 0.6) is 5.75 Å². The number of H-pyrrole nitrogens is 1. The molecule has 4 rings (SSSR count). The molecule has 0 radical (unpaired) electrons. The molecule has 4 aromatic rings. The first-order chi connectivity index (χ1) is 18.4. The largest absolute Gasteiger partial charge is 0.485 e. The predicted octanol–water partition coefficient (Wildman–Crippen LogP) is 3.64. The Morgan fingerprint density at radius 2 is 1.92 bits per heavy atom. The lowest BCUT2D eigenvalue weighted by Gasteiger charge is -2.16. The zero-order valence-electron chi connectivity index (χ0n) is 19.5. The molecule has 1 amide bonds. The number of alkyl halides is 3. The number of pyridine rings is 1. The summed E-state index contributed by atoms with van der Waals surface area (Å²) in [5, 5.41) is 9.95. The van der Waals surface area contributed by atoms with Crippen molar-refractivity contribution in [3.8, 4) is 17.0 Å². The molecule has 204 valence electrons. The van der Waals surface area contributed by atoms with Crippen molar-refractivity contribution in [1.82, 2.24) is 25.1 Å². The van der Waals surface area contributed by atoms with Gasteiger partial charge in [0.05, 0.1) is 22.6 Å². The van der Waals surface area contributed by atoms with Gasteiger partial charge in [0.2, 0.25) is 10.0 Å². The van der Waals surface area contributed by atoms with Crippen LogP contribution in [0.25, 0.3) is 11.3 Å². The lowest BCUT2D eigenvalue weighted by Crippen LogP contribution is -2.28. The Morgan fingerprint density at radius 3 is 2.56 bits per heavy atom. The van der Waals surface area contributed by atoms with Crippen molar-refractivity contribution in [3.05, 3.63) is 71.4 Å². The molecule has 0 fully saturated rings. The van der Waals surface area contributed by atoms with E-state index in [0.29, 0.717) is 10.7 Å². The van der Waals surface area contributed by atoms with Crippen molar-refractivity contribution >= 4 is 44.9 Å². The highest BCUT2D eigenvalue weighted by Crippen LogP contribution is 2.35. The van der Waals surface area contributed by atoms with Crippen molar-refractivity contribution in [1.29, 1.82) is 0 Å². The molecule has 5 N–H and O–H groups in total. The molecule has 3 aromatic heterocycles. The summed E-state index contributed by atoms with van der Waals surface area (Å²) in [6.45, 7) is -0.197. The number of aromatic amines is 1. The Kier molecular flexibility index (Phi) is 7.87. The van der Waals surface area contributed by atoms with Gasteiger partial charge < -0.3 is 15.8 Å². The van der Waals surface area contributed by atoms with E-state index in [-0.39, 0.29) is 46.5 Å². The van der Waals surface area contributed by atoms with Crippen LogP contribution in [0.4, 0.5) is 30.5 Å². The molecule has 0 spiro atoms. The molecule has 39 heavy (non-hydrogen) atoms. The fraction of sp³-hybridized carbons (Fsp3) is 0.136. The van der Waals surface area contributed by atoms with Crippen molar-refractivity contribution in [2.45, 2.75) is 12.8 Å². The summed E-state index contributed by atoms with van der Waals surface area (Å²) in [6.07, 6.45) is 0.644. The predicted molar refractivity (Wildman–Crippen MR) is 135 cm³/mol. The summed E-state index contributed by atoms with van der Waals surface area (Å²) in [6, 6.07) is 6.88. The van der Waals surface area contributed by atoms with Crippen LogP contribution in [0.15, 0.2) is 55.1 Å². The van der Waals surface area contributed by atoms with E-state index in [1.165, 1.54) is 43.0 Å². The third-order valence-electron chi connectivity index (χ3n) is 4.87. The number of primary amides is 1. The second-order valence-electron chi connectivity index (χ2n) is 7.85. The number of carbonyl (C=O) groups excluding carboxylic acids is 1. The van der Waals surface area contributed by atoms with Gasteiger partial charge in [0.1, 0.15) is 35.2 Å². The van der Waals surface area contributed by atoms with Gasteiger partial charge in [-0.05, 0) is 24.3 Å². The summed E-state index contributed by atoms with van der Waals surface area (Å²) in [4.78, 5) is 24.3. The van der Waals surface area contributed by atoms with Crippen LogP contribution < -0.4 is 20.5 Å². The molecular formula is C22H18ClF3N8O4S. The van der Waals surface area contributed by atoms with Crippen molar-refractivity contribution < 1.29 is 31.1 Å². The van der Waals surface area contributed by atoms with Crippen LogP contribution in [0, 0.1) is 0 Å². The van der Waals surface area contributed by atoms with Gasteiger partial charge >= 0.3 is 6.18 Å². The topological polar surface area (TPSA) is 178 Å². The average molecular weight is 583 g/mol. The van der Waals surface area contributed by atoms with E-state index in [1.807, 2.05) is 4.72 Å². The fourth-order valence-corrected chi connectivity index (χ4v) is 4.43. The van der Waals surface area contributed by atoms with Gasteiger partial charge in [0, 0.05) is 24.2 Å². The average Bonchev–Trinajstić information content (AvgIpc) is 3.27. The van der Waals surface area contributed by atoms with E-state index >= 15 is 0 Å². The third-order valence-corrected chi connectivity index (χ3v) is 6.33. The molecule has 0 unspecified atom stereocenters. The number of benzene rings is 1. The minimum absolute atomic E-state index is 0.0491. The van der Waals surface area contributed by atoms with Crippen LogP contribution in [0.1, 0.15) is 16.1 Å². The first-order valence-electron chi connectivity index (χ1n) is 10.8. The maximum atomic E-state index is 12.8. The normalized spacial score (nSPS) is 11.7. The quantitative estimate of drug-likeness (QED) is 0.217. The molecule has 0 aliphatic carbocycles. The van der Waals surface area contributed by atoms with Crippen molar-refractivity contribution in [3.63, 3.8) is 0 Å². The maximum Gasteiger partial charge on any atom is 0.404 e. The summed E-state index contributed by atoms with van der Waals surface area (Å²) < 4.78 is 70.2. The highest BCUT2D eigenvalue weighted by Gasteiger charge is 2.35. The Labute approximate surface area is 223 Å². The number of nitrogens with one attached hydrogen (secondary N) is 3. The fourth-order valence-electron chi connectivity index (χ4n) is 3.31. The van der Waals surface area contributed by atoms with Gasteiger partial charge in [0.15, 0.2) is 5.75 Å². The third kappa shape index (κ3) is 7.32. The van der Waals surface area contributed by atoms with Crippen LogP contribution in [-0.4, -0.2) is 51.4 Å². The van der Waals surface area contributed by atoms with Crippen LogP contribution >= 0.6 is 11.6 Å². The number of sulfonamides is 1. The lowest BCUT2D eigenvalue weighted by atomic mass is 10.1. The summed E-state index contributed by atoms with van der Waals surface area (Å²) in [7, 11) is -4.84. The number of amides is 1. The van der Waals surface area contributed by atoms with E-state index in [4.69, 9.17) is 22.1 Å². The zero-order chi connectivity index (χ0) is 28.2. The SMILES string of the molecule is NC(=O)c1c(-c2ccc(NS(=O)(=O)CC(F)(F)F)c(OCc3ccc(Cl)cn3)c2)n[nH]c1Nc1cnccn1. The van der Waals surface area contributed by atoms with Crippen LogP contribution in [-0.2, 0) is 16.6 Å². The first-order valence-corrected chi connectivity index (χ1v) is 12.8. The molecule has 3 heterocycles. The van der Waals surface area contributed by atoms with E-state index in [0.717, 1.165) is 0 Å². The second kappa shape index (κ2) is 11.1. The molecule has 12 nitrogen and oxygen atoms in total. The standard InChI is InChI=1S/C22H18ClF3N8O4S/c23-13-2-3-14(30-8-13)10-38-16-7-12(1-4-15(16)34-39(36,37)11-22(24,25)26)19-18(20(27)35)21(33-32-19)31-17-9-28-5-6-29-17/h1-9,34H,10-11H2,(H2,27,35)(H2,29,31,32,33). The van der Waals surface area contributed by atoms with Gasteiger partial charge in [-0.25, -0.2) is 13.4 Å². The number of nitrogens with zero attached hydrogens (tertiary/aromatic N) is 4. The lowest BCUT2D eigenvalue weighted by molar-refractivity contribution is -0.106. The number of halogens is 4. The molecule has 0 bridgehead atoms. The molecule has 17 heteroatoms. The number of hydrogen-bond donors (Lipinski definition) is 4. The van der Waals surface area contributed by atoms with E-state index in [1.54, 1.807) is 12.1 Å². The Bertz CT molecular complexity index is 1580. The van der Waals surface area contributed by atoms with E-state index in [2.05, 4.69) is 30.5 Å². The van der Waals surface area contributed by atoms with Gasteiger partial charge in [0.25, 0.3) is 5.91 Å². The van der Waals surface area contributed by atoms with Gasteiger partial charge in [-0.3, -0.25) is 24.6 Å². The molecule has 0 saturated carbocycles. The maximum absolute atomic E-state index is 12.8. The van der Waals surface area contributed by atoms with Gasteiger partial charge in [-0.1, -0.05) is 17.7 Å². The minimum Gasteiger partial charge on any atom is -0.485 e. The van der Waals surface area contributed by atoms with Crippen LogP contribution in [0.2, 0.25) is 5.02 Å². The Balaban J connectivity index is 1.71. The molecular weight excluding hydrogens is 565 g/mol. The number of aromatic nitrogens is 5. The minimum atomic E-state index is -4.97. The van der Waals surface area contributed by atoms with E-state index in [9.17, 15) is 26.4 Å². The number of hydrogen-bond acceptors (Lipinski definition) is 9. The van der Waals surface area contributed by atoms with Gasteiger partial charge in [-0.2, -0.15) is 18.3 Å². The molecule has 0 aliphatic heterocycles. The number of rotatable bonds is 10.